The molecule has 0 aromatic carbocycles. The summed E-state index contributed by atoms with van der Waals surface area (Å²) in [5, 5.41) is 4.00. The average Bonchev–Trinajstić information content (AvgIpc) is 2.48. The zero-order valence-electron chi connectivity index (χ0n) is 11.9. The van der Waals surface area contributed by atoms with E-state index in [1.807, 2.05) is 4.90 Å². The summed E-state index contributed by atoms with van der Waals surface area (Å²) in [6.45, 7) is 6.28. The Hall–Kier alpha value is -0.840. The lowest BCUT2D eigenvalue weighted by Gasteiger charge is -2.38. The molecule has 1 saturated heterocycles. The van der Waals surface area contributed by atoms with Crippen LogP contribution in [0.2, 0.25) is 0 Å². The molecule has 2 fully saturated rings. The van der Waals surface area contributed by atoms with Gasteiger partial charge in [-0.05, 0) is 32.0 Å². The smallest absolute Gasteiger partial charge is 0.225 e. The van der Waals surface area contributed by atoms with Gasteiger partial charge in [0, 0.05) is 38.6 Å². The molecule has 1 aliphatic heterocycles. The Balaban J connectivity index is 1.79. The van der Waals surface area contributed by atoms with Gasteiger partial charge < -0.3 is 15.1 Å². The Labute approximate surface area is 121 Å². The lowest BCUT2D eigenvalue weighted by Crippen LogP contribution is -2.54. The van der Waals surface area contributed by atoms with Crippen LogP contribution in [0.15, 0.2) is 0 Å². The van der Waals surface area contributed by atoms with E-state index in [0.717, 1.165) is 50.7 Å². The number of nitrogens with one attached hydrogen (secondary N) is 1. The molecule has 2 aliphatic rings. The molecule has 0 aromatic heterocycles. The first-order valence-electron chi connectivity index (χ1n) is 7.54. The third-order valence-corrected chi connectivity index (χ3v) is 4.56. The molecular formula is C14H25N3OS. The van der Waals surface area contributed by atoms with Crippen LogP contribution < -0.4 is 5.32 Å². The van der Waals surface area contributed by atoms with E-state index in [2.05, 4.69) is 17.1 Å². The van der Waals surface area contributed by atoms with Gasteiger partial charge in [-0.15, -0.1) is 0 Å². The van der Waals surface area contributed by atoms with Crippen LogP contribution in [-0.2, 0) is 4.79 Å². The highest BCUT2D eigenvalue weighted by Crippen LogP contribution is 2.25. The fourth-order valence-corrected chi connectivity index (χ4v) is 3.33. The van der Waals surface area contributed by atoms with Gasteiger partial charge in [-0.1, -0.05) is 19.3 Å². The topological polar surface area (TPSA) is 35.6 Å². The van der Waals surface area contributed by atoms with Crippen LogP contribution >= 0.6 is 12.2 Å². The molecule has 0 aromatic rings. The fourth-order valence-electron chi connectivity index (χ4n) is 3.00. The van der Waals surface area contributed by atoms with Crippen molar-refractivity contribution >= 4 is 23.2 Å². The Morgan fingerprint density at radius 1 is 1.11 bits per heavy atom. The van der Waals surface area contributed by atoms with Crippen LogP contribution in [0.5, 0.6) is 0 Å². The minimum absolute atomic E-state index is 0.293. The highest BCUT2D eigenvalue weighted by Gasteiger charge is 2.28. The van der Waals surface area contributed by atoms with Crippen molar-refractivity contribution in [1.82, 2.24) is 15.1 Å². The molecule has 1 amide bonds. The first kappa shape index (κ1) is 14.6. The Kier molecular flexibility index (Phi) is 5.43. The molecule has 2 rings (SSSR count). The number of hydrogen-bond acceptors (Lipinski definition) is 2. The second-order valence-corrected chi connectivity index (χ2v) is 5.87. The zero-order valence-corrected chi connectivity index (χ0v) is 12.7. The molecule has 1 heterocycles. The standard InChI is InChI=1S/C14H25N3OS/c1-2-15-14(19)17-10-8-16(9-11-17)13(18)12-6-4-3-5-7-12/h12H,2-11H2,1H3,(H,15,19). The second kappa shape index (κ2) is 7.08. The Morgan fingerprint density at radius 3 is 2.26 bits per heavy atom. The van der Waals surface area contributed by atoms with Crippen molar-refractivity contribution in [2.75, 3.05) is 32.7 Å². The van der Waals surface area contributed by atoms with Gasteiger partial charge in [-0.3, -0.25) is 4.79 Å². The molecule has 4 nitrogen and oxygen atoms in total. The van der Waals surface area contributed by atoms with E-state index in [1.165, 1.54) is 19.3 Å². The number of carbonyl (C=O) groups is 1. The van der Waals surface area contributed by atoms with Gasteiger partial charge >= 0.3 is 0 Å². The molecule has 1 aliphatic carbocycles. The summed E-state index contributed by atoms with van der Waals surface area (Å²) in [6, 6.07) is 0. The second-order valence-electron chi connectivity index (χ2n) is 5.48. The van der Waals surface area contributed by atoms with Crippen molar-refractivity contribution in [2.45, 2.75) is 39.0 Å². The van der Waals surface area contributed by atoms with Gasteiger partial charge in [-0.25, -0.2) is 0 Å². The van der Waals surface area contributed by atoms with E-state index in [1.54, 1.807) is 0 Å². The van der Waals surface area contributed by atoms with Crippen molar-refractivity contribution in [3.63, 3.8) is 0 Å². The summed E-state index contributed by atoms with van der Waals surface area (Å²) >= 11 is 5.31. The molecule has 0 radical (unpaired) electrons. The van der Waals surface area contributed by atoms with Gasteiger partial charge in [0.05, 0.1) is 0 Å². The van der Waals surface area contributed by atoms with Crippen LogP contribution in [-0.4, -0.2) is 53.5 Å². The normalized spacial score (nSPS) is 21.3. The maximum Gasteiger partial charge on any atom is 0.225 e. The maximum absolute atomic E-state index is 12.4. The molecule has 0 bridgehead atoms. The maximum atomic E-state index is 12.4. The number of hydrogen-bond donors (Lipinski definition) is 1. The van der Waals surface area contributed by atoms with Crippen LogP contribution in [0.25, 0.3) is 0 Å². The van der Waals surface area contributed by atoms with Crippen LogP contribution in [0, 0.1) is 5.92 Å². The fraction of sp³-hybridized carbons (Fsp3) is 0.857. The summed E-state index contributed by atoms with van der Waals surface area (Å²) in [5.74, 6) is 0.676. The van der Waals surface area contributed by atoms with E-state index < -0.39 is 0 Å². The lowest BCUT2D eigenvalue weighted by atomic mass is 9.88. The van der Waals surface area contributed by atoms with E-state index in [0.29, 0.717) is 11.8 Å². The summed E-state index contributed by atoms with van der Waals surface area (Å²) < 4.78 is 0. The first-order chi connectivity index (χ1) is 9.22. The number of piperazine rings is 1. The van der Waals surface area contributed by atoms with Crippen molar-refractivity contribution in [3.8, 4) is 0 Å². The van der Waals surface area contributed by atoms with Crippen molar-refractivity contribution in [1.29, 1.82) is 0 Å². The van der Waals surface area contributed by atoms with Crippen molar-refractivity contribution < 1.29 is 4.79 Å². The van der Waals surface area contributed by atoms with Gasteiger partial charge in [0.1, 0.15) is 0 Å². The Bertz CT molecular complexity index is 321. The van der Waals surface area contributed by atoms with Crippen molar-refractivity contribution in [2.24, 2.45) is 5.92 Å². The molecule has 0 atom stereocenters. The minimum Gasteiger partial charge on any atom is -0.363 e. The Morgan fingerprint density at radius 2 is 1.68 bits per heavy atom. The monoisotopic (exact) mass is 283 g/mol. The van der Waals surface area contributed by atoms with E-state index in [-0.39, 0.29) is 0 Å². The number of amides is 1. The number of carbonyl (C=O) groups excluding carboxylic acids is 1. The van der Waals surface area contributed by atoms with Gasteiger partial charge in [-0.2, -0.15) is 0 Å². The third kappa shape index (κ3) is 3.81. The van der Waals surface area contributed by atoms with E-state index >= 15 is 0 Å². The molecule has 1 saturated carbocycles. The van der Waals surface area contributed by atoms with Gasteiger partial charge in [0.15, 0.2) is 5.11 Å². The summed E-state index contributed by atoms with van der Waals surface area (Å²) in [4.78, 5) is 16.6. The number of rotatable bonds is 2. The quantitative estimate of drug-likeness (QED) is 0.781. The summed E-state index contributed by atoms with van der Waals surface area (Å²) in [5.41, 5.74) is 0. The molecule has 19 heavy (non-hydrogen) atoms. The van der Waals surface area contributed by atoms with Crippen molar-refractivity contribution in [3.05, 3.63) is 0 Å². The first-order valence-corrected chi connectivity index (χ1v) is 7.94. The average molecular weight is 283 g/mol. The lowest BCUT2D eigenvalue weighted by molar-refractivity contribution is -0.137. The predicted octanol–water partition coefficient (Wildman–Crippen LogP) is 1.61. The molecule has 108 valence electrons. The molecule has 0 spiro atoms. The summed E-state index contributed by atoms with van der Waals surface area (Å²) in [6.07, 6.45) is 5.93. The molecule has 5 heteroatoms. The van der Waals surface area contributed by atoms with Gasteiger partial charge in [0.2, 0.25) is 5.91 Å². The SMILES string of the molecule is CCNC(=S)N1CCN(C(=O)C2CCCCC2)CC1. The molecular weight excluding hydrogens is 258 g/mol. The van der Waals surface area contributed by atoms with Gasteiger partial charge in [0.25, 0.3) is 0 Å². The number of thiocarbonyl (C=S) groups is 1. The summed E-state index contributed by atoms with van der Waals surface area (Å²) in [7, 11) is 0. The van der Waals surface area contributed by atoms with Crippen LogP contribution in [0.1, 0.15) is 39.0 Å². The van der Waals surface area contributed by atoms with E-state index in [4.69, 9.17) is 12.2 Å². The predicted molar refractivity (Wildman–Crippen MR) is 81.0 cm³/mol. The highest BCUT2D eigenvalue weighted by atomic mass is 32.1. The third-order valence-electron chi connectivity index (χ3n) is 4.16. The zero-order chi connectivity index (χ0) is 13.7. The van der Waals surface area contributed by atoms with E-state index in [9.17, 15) is 4.79 Å². The van der Waals surface area contributed by atoms with Crippen LogP contribution in [0.4, 0.5) is 0 Å². The minimum atomic E-state index is 0.293. The van der Waals surface area contributed by atoms with Crippen LogP contribution in [0.3, 0.4) is 0 Å². The molecule has 0 unspecified atom stereocenters. The highest BCUT2D eigenvalue weighted by molar-refractivity contribution is 7.80. The number of nitrogens with zero attached hydrogens (tertiary/aromatic N) is 2. The largest absolute Gasteiger partial charge is 0.363 e. The molecule has 1 N–H and O–H groups in total.